The summed E-state index contributed by atoms with van der Waals surface area (Å²) in [6.45, 7) is 2.29. The number of halogens is 1. The van der Waals surface area contributed by atoms with Gasteiger partial charge in [0.25, 0.3) is 0 Å². The number of nitrogens with zero attached hydrogens (tertiary/aromatic N) is 3. The molecule has 1 aromatic heterocycles. The fraction of sp³-hybridized carbons (Fsp3) is 0.318. The van der Waals surface area contributed by atoms with Crippen molar-refractivity contribution in [2.45, 2.75) is 23.8 Å². The van der Waals surface area contributed by atoms with Crippen LogP contribution in [-0.2, 0) is 18.3 Å². The molecule has 1 heterocycles. The second kappa shape index (κ2) is 10.6. The number of methoxy groups -OCH3 is 2. The molecular weight excluding hydrogens is 452 g/mol. The van der Waals surface area contributed by atoms with Gasteiger partial charge in [0.05, 0.1) is 25.0 Å². The second-order valence-corrected chi connectivity index (χ2v) is 8.76. The van der Waals surface area contributed by atoms with Gasteiger partial charge in [-0.05, 0) is 49.2 Å². The number of phenolic OH excluding ortho intramolecular Hbond substituents is 1. The second-order valence-electron chi connectivity index (χ2n) is 7.02. The molecule has 1 amide bonds. The van der Waals surface area contributed by atoms with Crippen LogP contribution in [0.5, 0.6) is 17.2 Å². The van der Waals surface area contributed by atoms with E-state index in [0.29, 0.717) is 46.0 Å². The molecule has 32 heavy (non-hydrogen) atoms. The van der Waals surface area contributed by atoms with Crippen LogP contribution in [0, 0.1) is 0 Å². The van der Waals surface area contributed by atoms with E-state index in [1.54, 1.807) is 38.0 Å². The number of thioether (sulfide) groups is 1. The molecule has 3 rings (SSSR count). The minimum atomic E-state index is -0.385. The van der Waals surface area contributed by atoms with Gasteiger partial charge in [0.2, 0.25) is 5.91 Å². The Balaban J connectivity index is 1.58. The maximum absolute atomic E-state index is 12.6. The van der Waals surface area contributed by atoms with Crippen molar-refractivity contribution in [1.82, 2.24) is 20.1 Å². The summed E-state index contributed by atoms with van der Waals surface area (Å²) in [6.07, 6.45) is 0.658. The lowest BCUT2D eigenvalue weighted by Gasteiger charge is -2.13. The first-order valence-corrected chi connectivity index (χ1v) is 11.1. The van der Waals surface area contributed by atoms with Crippen LogP contribution in [0.25, 0.3) is 11.4 Å². The third-order valence-electron chi connectivity index (χ3n) is 4.85. The van der Waals surface area contributed by atoms with Crippen molar-refractivity contribution < 1.29 is 19.4 Å². The first kappa shape index (κ1) is 23.7. The van der Waals surface area contributed by atoms with E-state index in [2.05, 4.69) is 15.5 Å². The van der Waals surface area contributed by atoms with Crippen LogP contribution < -0.4 is 14.8 Å². The number of hydrogen-bond acceptors (Lipinski definition) is 7. The van der Waals surface area contributed by atoms with Crippen molar-refractivity contribution in [2.24, 2.45) is 7.05 Å². The lowest BCUT2D eigenvalue weighted by atomic mass is 10.1. The van der Waals surface area contributed by atoms with Crippen LogP contribution in [0.2, 0.25) is 5.02 Å². The lowest BCUT2D eigenvalue weighted by Crippen LogP contribution is -2.32. The van der Waals surface area contributed by atoms with Crippen molar-refractivity contribution in [2.75, 3.05) is 20.8 Å². The van der Waals surface area contributed by atoms with Gasteiger partial charge in [-0.2, -0.15) is 0 Å². The smallest absolute Gasteiger partial charge is 0.233 e. The Bertz CT molecular complexity index is 1110. The van der Waals surface area contributed by atoms with Gasteiger partial charge in [-0.15, -0.1) is 10.2 Å². The number of phenols is 1. The number of aromatic hydroxyl groups is 1. The number of ether oxygens (including phenoxy) is 2. The molecule has 0 saturated heterocycles. The number of amides is 1. The van der Waals surface area contributed by atoms with Gasteiger partial charge in [-0.25, -0.2) is 0 Å². The highest BCUT2D eigenvalue weighted by Crippen LogP contribution is 2.32. The van der Waals surface area contributed by atoms with E-state index in [1.165, 1.54) is 17.8 Å². The highest BCUT2D eigenvalue weighted by atomic mass is 35.5. The normalized spacial score (nSPS) is 11.8. The van der Waals surface area contributed by atoms with Gasteiger partial charge < -0.3 is 24.5 Å². The fourth-order valence-electron chi connectivity index (χ4n) is 3.06. The zero-order valence-electron chi connectivity index (χ0n) is 18.3. The SMILES string of the molecule is COc1ccc(CCNC(=O)C(C)Sc2nnc(-c3cc(Cl)ccc3O)n2C)cc1OC. The monoisotopic (exact) mass is 476 g/mol. The lowest BCUT2D eigenvalue weighted by molar-refractivity contribution is -0.120. The topological polar surface area (TPSA) is 98.5 Å². The summed E-state index contributed by atoms with van der Waals surface area (Å²) in [6, 6.07) is 10.4. The van der Waals surface area contributed by atoms with E-state index in [0.717, 1.165) is 5.56 Å². The summed E-state index contributed by atoms with van der Waals surface area (Å²) in [7, 11) is 4.96. The molecule has 2 N–H and O–H groups in total. The van der Waals surface area contributed by atoms with Gasteiger partial charge in [0, 0.05) is 18.6 Å². The van der Waals surface area contributed by atoms with E-state index in [4.69, 9.17) is 21.1 Å². The molecule has 0 aliphatic carbocycles. The van der Waals surface area contributed by atoms with Gasteiger partial charge >= 0.3 is 0 Å². The minimum absolute atomic E-state index is 0.0578. The van der Waals surface area contributed by atoms with Crippen LogP contribution in [-0.4, -0.2) is 51.8 Å². The molecule has 1 atom stereocenters. The summed E-state index contributed by atoms with van der Waals surface area (Å²) < 4.78 is 12.3. The number of aromatic nitrogens is 3. The predicted molar refractivity (Wildman–Crippen MR) is 125 cm³/mol. The number of benzene rings is 2. The molecule has 0 aliphatic heterocycles. The quantitative estimate of drug-likeness (QED) is 0.454. The van der Waals surface area contributed by atoms with Crippen LogP contribution >= 0.6 is 23.4 Å². The van der Waals surface area contributed by atoms with Gasteiger partial charge in [-0.3, -0.25) is 4.79 Å². The molecule has 8 nitrogen and oxygen atoms in total. The van der Waals surface area contributed by atoms with Gasteiger partial charge in [-0.1, -0.05) is 29.4 Å². The van der Waals surface area contributed by atoms with E-state index in [1.807, 2.05) is 25.1 Å². The molecule has 2 aromatic carbocycles. The molecule has 0 bridgehead atoms. The fourth-order valence-corrected chi connectivity index (χ4v) is 4.07. The van der Waals surface area contributed by atoms with Crippen LogP contribution in [0.3, 0.4) is 0 Å². The Hall–Kier alpha value is -2.91. The van der Waals surface area contributed by atoms with Crippen molar-refractivity contribution in [3.05, 3.63) is 47.0 Å². The number of hydrogen-bond donors (Lipinski definition) is 2. The van der Waals surface area contributed by atoms with Crippen molar-refractivity contribution in [3.63, 3.8) is 0 Å². The van der Waals surface area contributed by atoms with Gasteiger partial charge in [0.1, 0.15) is 5.75 Å². The standard InChI is InChI=1S/C22H25ClN4O4S/c1-13(21(29)24-10-9-14-5-8-18(30-3)19(11-14)31-4)32-22-26-25-20(27(22)2)16-12-15(23)6-7-17(16)28/h5-8,11-13,28H,9-10H2,1-4H3,(H,24,29). The Morgan fingerprint density at radius 1 is 1.19 bits per heavy atom. The molecule has 0 spiro atoms. The van der Waals surface area contributed by atoms with Crippen LogP contribution in [0.1, 0.15) is 12.5 Å². The molecular formula is C22H25ClN4O4S. The number of carbonyl (C=O) groups excluding carboxylic acids is 1. The number of rotatable bonds is 9. The number of nitrogens with one attached hydrogen (secondary N) is 1. The third-order valence-corrected chi connectivity index (χ3v) is 6.22. The molecule has 1 unspecified atom stereocenters. The van der Waals surface area contributed by atoms with E-state index < -0.39 is 0 Å². The van der Waals surface area contributed by atoms with E-state index in [-0.39, 0.29) is 16.9 Å². The molecule has 0 aliphatic rings. The highest BCUT2D eigenvalue weighted by Gasteiger charge is 2.20. The number of carbonyl (C=O) groups is 1. The predicted octanol–water partition coefficient (Wildman–Crippen LogP) is 3.70. The van der Waals surface area contributed by atoms with Crippen molar-refractivity contribution in [3.8, 4) is 28.6 Å². The molecule has 0 radical (unpaired) electrons. The van der Waals surface area contributed by atoms with Crippen molar-refractivity contribution in [1.29, 1.82) is 0 Å². The Kier molecular flexibility index (Phi) is 7.87. The van der Waals surface area contributed by atoms with E-state index >= 15 is 0 Å². The zero-order chi connectivity index (χ0) is 23.3. The average molecular weight is 477 g/mol. The summed E-state index contributed by atoms with van der Waals surface area (Å²) in [5, 5.41) is 22.0. The largest absolute Gasteiger partial charge is 0.507 e. The summed E-state index contributed by atoms with van der Waals surface area (Å²) in [5.74, 6) is 1.74. The molecule has 170 valence electrons. The maximum atomic E-state index is 12.6. The minimum Gasteiger partial charge on any atom is -0.507 e. The summed E-state index contributed by atoms with van der Waals surface area (Å²) in [4.78, 5) is 12.6. The Morgan fingerprint density at radius 3 is 2.66 bits per heavy atom. The first-order valence-electron chi connectivity index (χ1n) is 9.87. The molecule has 0 saturated carbocycles. The maximum Gasteiger partial charge on any atom is 0.233 e. The molecule has 3 aromatic rings. The first-order chi connectivity index (χ1) is 15.3. The van der Waals surface area contributed by atoms with Crippen LogP contribution in [0.4, 0.5) is 0 Å². The Labute approximate surface area is 195 Å². The molecule has 10 heteroatoms. The average Bonchev–Trinajstić information content (AvgIpc) is 3.14. The summed E-state index contributed by atoms with van der Waals surface area (Å²) in [5.41, 5.74) is 1.51. The van der Waals surface area contributed by atoms with Crippen LogP contribution in [0.15, 0.2) is 41.6 Å². The summed E-state index contributed by atoms with van der Waals surface area (Å²) >= 11 is 7.32. The third kappa shape index (κ3) is 5.46. The Morgan fingerprint density at radius 2 is 1.94 bits per heavy atom. The zero-order valence-corrected chi connectivity index (χ0v) is 19.8. The highest BCUT2D eigenvalue weighted by molar-refractivity contribution is 8.00. The van der Waals surface area contributed by atoms with Crippen molar-refractivity contribution >= 4 is 29.3 Å². The van der Waals surface area contributed by atoms with Gasteiger partial charge in [0.15, 0.2) is 22.5 Å². The van der Waals surface area contributed by atoms with E-state index in [9.17, 15) is 9.90 Å². The molecule has 0 fully saturated rings.